The van der Waals surface area contributed by atoms with Crippen LogP contribution in [-0.2, 0) is 6.42 Å². The van der Waals surface area contributed by atoms with Crippen molar-refractivity contribution in [3.8, 4) is 11.1 Å². The standard InChI is InChI=1S/C18H23N/c1-3-4-6-11-16-13-17(14(2)12-18(16)19)15-9-7-5-8-10-15/h5,7-10,12-13H,3-4,6,11,19H2,1-2H3. The molecule has 0 bridgehead atoms. The lowest BCUT2D eigenvalue weighted by atomic mass is 9.95. The number of aryl methyl sites for hydroxylation is 2. The molecule has 2 aromatic carbocycles. The summed E-state index contributed by atoms with van der Waals surface area (Å²) in [6.45, 7) is 4.36. The van der Waals surface area contributed by atoms with Crippen molar-refractivity contribution < 1.29 is 0 Å². The van der Waals surface area contributed by atoms with Crippen molar-refractivity contribution in [2.45, 2.75) is 39.5 Å². The Hall–Kier alpha value is -1.76. The normalized spacial score (nSPS) is 10.6. The highest BCUT2D eigenvalue weighted by atomic mass is 14.6. The smallest absolute Gasteiger partial charge is 0.0349 e. The average Bonchev–Trinajstić information content (AvgIpc) is 2.42. The summed E-state index contributed by atoms with van der Waals surface area (Å²) >= 11 is 0. The maximum atomic E-state index is 6.15. The van der Waals surface area contributed by atoms with Gasteiger partial charge in [0.1, 0.15) is 0 Å². The van der Waals surface area contributed by atoms with E-state index >= 15 is 0 Å². The number of rotatable bonds is 5. The SMILES string of the molecule is CCCCCc1cc(-c2ccccc2)c(C)cc1N. The van der Waals surface area contributed by atoms with E-state index in [-0.39, 0.29) is 0 Å². The summed E-state index contributed by atoms with van der Waals surface area (Å²) < 4.78 is 0. The minimum atomic E-state index is 0.938. The summed E-state index contributed by atoms with van der Waals surface area (Å²) in [7, 11) is 0. The van der Waals surface area contributed by atoms with Crippen molar-refractivity contribution >= 4 is 5.69 Å². The van der Waals surface area contributed by atoms with Gasteiger partial charge in [-0.2, -0.15) is 0 Å². The quantitative estimate of drug-likeness (QED) is 0.590. The first-order valence-electron chi connectivity index (χ1n) is 7.16. The van der Waals surface area contributed by atoms with Crippen molar-refractivity contribution in [1.82, 2.24) is 0 Å². The van der Waals surface area contributed by atoms with Gasteiger partial charge in [0.2, 0.25) is 0 Å². The average molecular weight is 253 g/mol. The summed E-state index contributed by atoms with van der Waals surface area (Å²) in [5, 5.41) is 0. The lowest BCUT2D eigenvalue weighted by molar-refractivity contribution is 0.718. The minimum Gasteiger partial charge on any atom is -0.398 e. The van der Waals surface area contributed by atoms with Gasteiger partial charge in [0.25, 0.3) is 0 Å². The number of benzene rings is 2. The van der Waals surface area contributed by atoms with E-state index in [1.54, 1.807) is 0 Å². The molecule has 2 aromatic rings. The Morgan fingerprint density at radius 2 is 1.74 bits per heavy atom. The molecule has 0 aromatic heterocycles. The summed E-state index contributed by atoms with van der Waals surface area (Å²) in [5.74, 6) is 0. The first-order valence-corrected chi connectivity index (χ1v) is 7.16. The van der Waals surface area contributed by atoms with Crippen LogP contribution in [0.2, 0.25) is 0 Å². The predicted octanol–water partition coefficient (Wildman–Crippen LogP) is 4.98. The van der Waals surface area contributed by atoms with Gasteiger partial charge >= 0.3 is 0 Å². The Morgan fingerprint density at radius 1 is 1.00 bits per heavy atom. The summed E-state index contributed by atoms with van der Waals surface area (Å²) in [5.41, 5.74) is 12.2. The lowest BCUT2D eigenvalue weighted by Gasteiger charge is -2.12. The Morgan fingerprint density at radius 3 is 2.42 bits per heavy atom. The molecular formula is C18H23N. The van der Waals surface area contributed by atoms with Gasteiger partial charge in [-0.25, -0.2) is 0 Å². The van der Waals surface area contributed by atoms with Crippen LogP contribution < -0.4 is 5.73 Å². The van der Waals surface area contributed by atoms with Crippen LogP contribution in [0.25, 0.3) is 11.1 Å². The fourth-order valence-electron chi connectivity index (χ4n) is 2.49. The molecule has 0 spiro atoms. The molecular weight excluding hydrogens is 230 g/mol. The van der Waals surface area contributed by atoms with Gasteiger partial charge in [-0.3, -0.25) is 0 Å². The second-order valence-electron chi connectivity index (χ2n) is 5.19. The first kappa shape index (κ1) is 13.7. The maximum absolute atomic E-state index is 6.15. The number of anilines is 1. The van der Waals surface area contributed by atoms with Crippen LogP contribution in [0.5, 0.6) is 0 Å². The second-order valence-corrected chi connectivity index (χ2v) is 5.19. The van der Waals surface area contributed by atoms with Gasteiger partial charge in [-0.15, -0.1) is 0 Å². The second kappa shape index (κ2) is 6.42. The van der Waals surface area contributed by atoms with Gasteiger partial charge in [0, 0.05) is 5.69 Å². The Labute approximate surface area is 116 Å². The van der Waals surface area contributed by atoms with E-state index in [9.17, 15) is 0 Å². The number of unbranched alkanes of at least 4 members (excludes halogenated alkanes) is 2. The van der Waals surface area contributed by atoms with E-state index in [2.05, 4.69) is 56.3 Å². The van der Waals surface area contributed by atoms with Crippen molar-refractivity contribution in [3.63, 3.8) is 0 Å². The molecule has 0 heterocycles. The molecule has 0 aliphatic rings. The Balaban J connectivity index is 2.31. The van der Waals surface area contributed by atoms with Crippen molar-refractivity contribution in [1.29, 1.82) is 0 Å². The third-order valence-electron chi connectivity index (χ3n) is 3.62. The van der Waals surface area contributed by atoms with E-state index in [1.165, 1.54) is 41.5 Å². The van der Waals surface area contributed by atoms with Crippen LogP contribution in [0.15, 0.2) is 42.5 Å². The third kappa shape index (κ3) is 3.37. The Kier molecular flexibility index (Phi) is 4.62. The van der Waals surface area contributed by atoms with E-state index in [4.69, 9.17) is 5.73 Å². The lowest BCUT2D eigenvalue weighted by Crippen LogP contribution is -1.97. The number of nitrogen functional groups attached to an aromatic ring is 1. The monoisotopic (exact) mass is 253 g/mol. The summed E-state index contributed by atoms with van der Waals surface area (Å²) in [4.78, 5) is 0. The first-order chi connectivity index (χ1) is 9.22. The zero-order valence-corrected chi connectivity index (χ0v) is 11.9. The van der Waals surface area contributed by atoms with Crippen LogP contribution in [0.3, 0.4) is 0 Å². The van der Waals surface area contributed by atoms with Gasteiger partial charge in [0.05, 0.1) is 0 Å². The summed E-state index contributed by atoms with van der Waals surface area (Å²) in [6.07, 6.45) is 4.82. The molecule has 0 unspecified atom stereocenters. The molecule has 19 heavy (non-hydrogen) atoms. The maximum Gasteiger partial charge on any atom is 0.0349 e. The van der Waals surface area contributed by atoms with Gasteiger partial charge < -0.3 is 5.73 Å². The van der Waals surface area contributed by atoms with Crippen LogP contribution in [0, 0.1) is 6.92 Å². The minimum absolute atomic E-state index is 0.938. The highest BCUT2D eigenvalue weighted by Gasteiger charge is 2.07. The van der Waals surface area contributed by atoms with Crippen LogP contribution in [0.1, 0.15) is 37.3 Å². The molecule has 0 aliphatic heterocycles. The van der Waals surface area contributed by atoms with Gasteiger partial charge in [-0.05, 0) is 54.2 Å². The molecule has 1 heteroatoms. The number of hydrogen-bond donors (Lipinski definition) is 1. The topological polar surface area (TPSA) is 26.0 Å². The van der Waals surface area contributed by atoms with Gasteiger partial charge in [-0.1, -0.05) is 50.1 Å². The van der Waals surface area contributed by atoms with E-state index < -0.39 is 0 Å². The molecule has 0 radical (unpaired) electrons. The van der Waals surface area contributed by atoms with Crippen molar-refractivity contribution in [2.24, 2.45) is 0 Å². The van der Waals surface area contributed by atoms with E-state index in [0.29, 0.717) is 0 Å². The molecule has 0 amide bonds. The largest absolute Gasteiger partial charge is 0.398 e. The zero-order chi connectivity index (χ0) is 13.7. The molecule has 100 valence electrons. The van der Waals surface area contributed by atoms with E-state index in [1.807, 2.05) is 0 Å². The van der Waals surface area contributed by atoms with Crippen LogP contribution >= 0.6 is 0 Å². The molecule has 0 aliphatic carbocycles. The zero-order valence-electron chi connectivity index (χ0n) is 11.9. The highest BCUT2D eigenvalue weighted by Crippen LogP contribution is 2.28. The fraction of sp³-hybridized carbons (Fsp3) is 0.333. The Bertz CT molecular complexity index is 529. The third-order valence-corrected chi connectivity index (χ3v) is 3.62. The summed E-state index contributed by atoms with van der Waals surface area (Å²) in [6, 6.07) is 14.9. The van der Waals surface area contributed by atoms with Gasteiger partial charge in [0.15, 0.2) is 0 Å². The predicted molar refractivity (Wildman–Crippen MR) is 84.3 cm³/mol. The molecule has 0 atom stereocenters. The van der Waals surface area contributed by atoms with Crippen molar-refractivity contribution in [2.75, 3.05) is 5.73 Å². The van der Waals surface area contributed by atoms with Crippen molar-refractivity contribution in [3.05, 3.63) is 53.6 Å². The number of nitrogens with two attached hydrogens (primary N) is 1. The van der Waals surface area contributed by atoms with Crippen LogP contribution in [-0.4, -0.2) is 0 Å². The molecule has 1 nitrogen and oxygen atoms in total. The molecule has 0 saturated carbocycles. The molecule has 0 fully saturated rings. The molecule has 0 saturated heterocycles. The number of hydrogen-bond acceptors (Lipinski definition) is 1. The molecule has 2 rings (SSSR count). The fourth-order valence-corrected chi connectivity index (χ4v) is 2.49. The molecule has 2 N–H and O–H groups in total. The van der Waals surface area contributed by atoms with Crippen LogP contribution in [0.4, 0.5) is 5.69 Å². The van der Waals surface area contributed by atoms with E-state index in [0.717, 1.165) is 12.1 Å². The highest BCUT2D eigenvalue weighted by molar-refractivity contribution is 5.71.